The quantitative estimate of drug-likeness (QED) is 0.131. The highest BCUT2D eigenvalue weighted by Gasteiger charge is 2.68. The summed E-state index contributed by atoms with van der Waals surface area (Å²) < 4.78 is 0. The van der Waals surface area contributed by atoms with E-state index < -0.39 is 99.3 Å². The van der Waals surface area contributed by atoms with E-state index in [9.17, 15) is 49.5 Å². The predicted molar refractivity (Wildman–Crippen MR) is 144 cm³/mol. The molecule has 5 unspecified atom stereocenters. The number of hydrogen-bond acceptors (Lipinski definition) is 12. The molecule has 1 saturated carbocycles. The highest BCUT2D eigenvalue weighted by atomic mass is 16.4. The molecule has 0 aliphatic heterocycles. The minimum absolute atomic E-state index is 0.201. The van der Waals surface area contributed by atoms with E-state index in [-0.39, 0.29) is 29.7 Å². The maximum Gasteiger partial charge on any atom is 0.303 e. The fraction of sp³-hybridized carbons (Fsp3) is 0.444. The first-order valence-electron chi connectivity index (χ1n) is 12.9. The Kier molecular flexibility index (Phi) is 7.67. The van der Waals surface area contributed by atoms with Gasteiger partial charge in [0.15, 0.2) is 11.4 Å². The zero-order valence-electron chi connectivity index (χ0n) is 22.9. The van der Waals surface area contributed by atoms with Gasteiger partial charge in [-0.3, -0.25) is 28.9 Å². The van der Waals surface area contributed by atoms with E-state index in [1.165, 1.54) is 31.1 Å². The molecule has 3 aliphatic rings. The van der Waals surface area contributed by atoms with Crippen LogP contribution in [0.3, 0.4) is 0 Å². The summed E-state index contributed by atoms with van der Waals surface area (Å²) in [5, 5.41) is 67.8. The summed E-state index contributed by atoms with van der Waals surface area (Å²) in [7, 11) is 2.82. The Bertz CT molecular complexity index is 1480. The van der Waals surface area contributed by atoms with E-state index in [1.54, 1.807) is 6.92 Å². The van der Waals surface area contributed by atoms with Gasteiger partial charge in [-0.05, 0) is 38.1 Å². The Morgan fingerprint density at radius 3 is 2.31 bits per heavy atom. The molecule has 0 aromatic heterocycles. The van der Waals surface area contributed by atoms with Crippen molar-refractivity contribution in [3.63, 3.8) is 0 Å². The number of Topliss-reactive ketones (excluding diaryl/α,β-unsaturated/α-hetero) is 2. The number of aliphatic hydroxyl groups is 4. The van der Waals surface area contributed by atoms with Crippen molar-refractivity contribution in [2.45, 2.75) is 49.5 Å². The van der Waals surface area contributed by atoms with Crippen molar-refractivity contribution >= 4 is 40.8 Å². The number of phenolic OH excluding ortho intramolecular Hbond substituents is 1. The summed E-state index contributed by atoms with van der Waals surface area (Å²) in [5.74, 6) is -12.4. The second kappa shape index (κ2) is 10.5. The number of phenols is 1. The minimum atomic E-state index is -3.05. The number of aromatic hydroxyl groups is 1. The second-order valence-corrected chi connectivity index (χ2v) is 11.0. The van der Waals surface area contributed by atoms with Gasteiger partial charge in [-0.25, -0.2) is 0 Å². The number of aliphatic hydroxyl groups excluding tert-OH is 3. The Labute approximate surface area is 238 Å². The molecule has 0 bridgehead atoms. The number of hydrogen-bond donors (Lipinski definition) is 9. The van der Waals surface area contributed by atoms with Crippen molar-refractivity contribution in [3.05, 3.63) is 40.2 Å². The van der Waals surface area contributed by atoms with Crippen molar-refractivity contribution in [2.75, 3.05) is 19.4 Å². The summed E-state index contributed by atoms with van der Waals surface area (Å²) in [5.41, 5.74) is 6.05. The normalized spacial score (nSPS) is 29.5. The topological polar surface area (TPSA) is 274 Å². The average molecular weight is 589 g/mol. The Balaban J connectivity index is 1.87. The number of fused-ring (bicyclic) bond motifs is 3. The molecule has 0 heterocycles. The summed E-state index contributed by atoms with van der Waals surface area (Å²) in [6.45, 7) is 1.57. The number of nitrogens with two attached hydrogens (primary N) is 2. The molecule has 4 rings (SSSR count). The van der Waals surface area contributed by atoms with Gasteiger partial charge in [-0.1, -0.05) is 13.0 Å². The van der Waals surface area contributed by atoms with Crippen LogP contribution in [0.2, 0.25) is 0 Å². The van der Waals surface area contributed by atoms with Crippen LogP contribution in [0.25, 0.3) is 5.76 Å². The van der Waals surface area contributed by atoms with E-state index >= 15 is 0 Å². The van der Waals surface area contributed by atoms with Gasteiger partial charge in [0, 0.05) is 17.9 Å². The first-order chi connectivity index (χ1) is 19.5. The van der Waals surface area contributed by atoms with Crippen molar-refractivity contribution in [2.24, 2.45) is 23.3 Å². The molecule has 0 saturated heterocycles. The highest BCUT2D eigenvalue weighted by molar-refractivity contribution is 6.24. The number of carbonyl (C=O) groups is 5. The molecule has 7 atom stereocenters. The van der Waals surface area contributed by atoms with Gasteiger partial charge in [0.25, 0.3) is 5.91 Å². The zero-order valence-corrected chi connectivity index (χ0v) is 22.9. The van der Waals surface area contributed by atoms with Crippen LogP contribution < -0.4 is 16.8 Å². The average Bonchev–Trinajstić information content (AvgIpc) is 2.90. The number of ketones is 2. The third-order valence-corrected chi connectivity index (χ3v) is 8.39. The number of amides is 2. The number of primary amides is 1. The smallest absolute Gasteiger partial charge is 0.303 e. The summed E-state index contributed by atoms with van der Waals surface area (Å²) >= 11 is 0. The van der Waals surface area contributed by atoms with Crippen molar-refractivity contribution in [1.82, 2.24) is 4.90 Å². The molecule has 42 heavy (non-hydrogen) atoms. The molecule has 1 aromatic rings. The largest absolute Gasteiger partial charge is 0.508 e. The molecular weight excluding hydrogens is 556 g/mol. The lowest BCUT2D eigenvalue weighted by atomic mass is 9.54. The number of nitrogens with zero attached hydrogens (tertiary/aromatic N) is 1. The van der Waals surface area contributed by atoms with Gasteiger partial charge in [0.05, 0.1) is 35.4 Å². The van der Waals surface area contributed by atoms with E-state index in [2.05, 4.69) is 5.32 Å². The Morgan fingerprint density at radius 2 is 1.76 bits per heavy atom. The SMILES string of the molecule is CC1c2ccc(NC(=O)[C@@H](N)CCC(=O)O)c(O)c2C(O)=C2C(=O)C3(O)C(O)=C(C(N)=O)C(=O)[C@@H](N(C)C)C3C(O)C21. The number of carboxylic acid groups (broad SMARTS) is 1. The first kappa shape index (κ1) is 30.6. The lowest BCUT2D eigenvalue weighted by molar-refractivity contribution is -0.169. The van der Waals surface area contributed by atoms with Crippen LogP contribution >= 0.6 is 0 Å². The zero-order chi connectivity index (χ0) is 31.6. The lowest BCUT2D eigenvalue weighted by Gasteiger charge is -2.53. The van der Waals surface area contributed by atoms with Crippen LogP contribution in [0.15, 0.2) is 29.0 Å². The van der Waals surface area contributed by atoms with E-state index in [0.717, 1.165) is 0 Å². The van der Waals surface area contributed by atoms with Gasteiger partial charge >= 0.3 is 5.97 Å². The van der Waals surface area contributed by atoms with Crippen molar-refractivity contribution < 1.29 is 54.6 Å². The molecular formula is C27H32N4O11. The fourth-order valence-corrected chi connectivity index (χ4v) is 6.35. The van der Waals surface area contributed by atoms with E-state index in [0.29, 0.717) is 0 Å². The summed E-state index contributed by atoms with van der Waals surface area (Å²) in [4.78, 5) is 63.9. The molecule has 15 nitrogen and oxygen atoms in total. The number of rotatable bonds is 7. The van der Waals surface area contributed by atoms with Crippen LogP contribution in [-0.4, -0.2) is 103 Å². The van der Waals surface area contributed by atoms with Crippen LogP contribution in [-0.2, 0) is 24.0 Å². The second-order valence-electron chi connectivity index (χ2n) is 11.0. The molecule has 1 fully saturated rings. The Hall–Kier alpha value is -4.31. The monoisotopic (exact) mass is 588 g/mol. The van der Waals surface area contributed by atoms with Crippen LogP contribution in [0.4, 0.5) is 5.69 Å². The standard InChI is InChI=1S/C27H32N4O11/c1-8-9-4-6-11(30-26(41)10(28)5-7-12(32)33)19(34)14(9)20(35)15-13(8)21(36)17-18(31(2)3)22(37)16(25(29)40)24(39)27(17,42)23(15)38/h4,6,8,10,13,17-18,21,34-36,39,42H,5,7,28H2,1-3H3,(H2,29,40)(H,30,41)(H,32,33)/t8?,10-,13?,17?,18-,21?,27?/m0/s1. The summed E-state index contributed by atoms with van der Waals surface area (Å²) in [6.07, 6.45) is -2.33. The van der Waals surface area contributed by atoms with Crippen molar-refractivity contribution in [1.29, 1.82) is 0 Å². The number of aliphatic carboxylic acids is 1. The van der Waals surface area contributed by atoms with Gasteiger partial charge in [-0.2, -0.15) is 0 Å². The number of likely N-dealkylation sites (N-methyl/N-ethyl adjacent to an activating group) is 1. The highest BCUT2D eigenvalue weighted by Crippen LogP contribution is 2.56. The molecule has 11 N–H and O–H groups in total. The summed E-state index contributed by atoms with van der Waals surface area (Å²) in [6, 6.07) is -0.0124. The molecule has 2 amide bonds. The van der Waals surface area contributed by atoms with Crippen LogP contribution in [0, 0.1) is 11.8 Å². The van der Waals surface area contributed by atoms with Crippen LogP contribution in [0.1, 0.15) is 36.8 Å². The van der Waals surface area contributed by atoms with Crippen LogP contribution in [0.5, 0.6) is 5.75 Å². The van der Waals surface area contributed by atoms with Gasteiger partial charge < -0.3 is 47.4 Å². The maximum absolute atomic E-state index is 14.0. The van der Waals surface area contributed by atoms with Gasteiger partial charge in [0.1, 0.15) is 22.8 Å². The number of nitrogens with one attached hydrogen (secondary N) is 1. The molecule has 1 aromatic carbocycles. The number of carboxylic acids is 1. The van der Waals surface area contributed by atoms with E-state index in [1.807, 2.05) is 0 Å². The van der Waals surface area contributed by atoms with E-state index in [4.69, 9.17) is 16.6 Å². The minimum Gasteiger partial charge on any atom is -0.508 e. The Morgan fingerprint density at radius 1 is 1.14 bits per heavy atom. The van der Waals surface area contributed by atoms with Gasteiger partial charge in [-0.15, -0.1) is 0 Å². The first-order valence-corrected chi connectivity index (χ1v) is 12.9. The molecule has 0 radical (unpaired) electrons. The number of anilines is 1. The molecule has 3 aliphatic carbocycles. The number of carbonyl (C=O) groups excluding carboxylic acids is 4. The number of benzene rings is 1. The lowest BCUT2D eigenvalue weighted by Crippen LogP contribution is -2.70. The third-order valence-electron chi connectivity index (χ3n) is 8.39. The third kappa shape index (κ3) is 4.32. The van der Waals surface area contributed by atoms with Gasteiger partial charge in [0.2, 0.25) is 11.7 Å². The van der Waals surface area contributed by atoms with Crippen molar-refractivity contribution in [3.8, 4) is 5.75 Å². The predicted octanol–water partition coefficient (Wildman–Crippen LogP) is -1.37. The molecule has 226 valence electrons. The fourth-order valence-electron chi connectivity index (χ4n) is 6.35. The molecule has 0 spiro atoms. The maximum atomic E-state index is 14.0. The molecule has 15 heteroatoms.